The van der Waals surface area contributed by atoms with Gasteiger partial charge in [0.2, 0.25) is 0 Å². The van der Waals surface area contributed by atoms with Crippen LogP contribution in [-0.4, -0.2) is 18.1 Å². The summed E-state index contributed by atoms with van der Waals surface area (Å²) in [6.45, 7) is 0. The molecule has 0 unspecified atom stereocenters. The zero-order valence-electron chi connectivity index (χ0n) is 14.4. The normalized spacial score (nSPS) is 10.6. The van der Waals surface area contributed by atoms with E-state index in [1.807, 2.05) is 6.07 Å². The van der Waals surface area contributed by atoms with Crippen molar-refractivity contribution >= 4 is 45.6 Å². The van der Waals surface area contributed by atoms with Gasteiger partial charge in [0.25, 0.3) is 5.91 Å². The van der Waals surface area contributed by atoms with Crippen LogP contribution < -0.4 is 10.2 Å². The van der Waals surface area contributed by atoms with Gasteiger partial charge in [0, 0.05) is 15.1 Å². The second-order valence-electron chi connectivity index (χ2n) is 5.65. The van der Waals surface area contributed by atoms with Crippen molar-refractivity contribution in [3.63, 3.8) is 0 Å². The Hall–Kier alpha value is -2.96. The predicted octanol–water partition coefficient (Wildman–Crippen LogP) is 5.09. The number of ether oxygens (including phenoxy) is 1. The van der Waals surface area contributed by atoms with Gasteiger partial charge in [-0.05, 0) is 76.1 Å². The van der Waals surface area contributed by atoms with E-state index in [4.69, 9.17) is 16.3 Å². The Balaban J connectivity index is 1.58. The summed E-state index contributed by atoms with van der Waals surface area (Å²) in [6.07, 6.45) is 1.49. The van der Waals surface area contributed by atoms with Crippen LogP contribution in [0.1, 0.15) is 26.3 Å². The predicted molar refractivity (Wildman–Crippen MR) is 112 cm³/mol. The van der Waals surface area contributed by atoms with Gasteiger partial charge in [-0.3, -0.25) is 4.79 Å². The number of benzene rings is 3. The number of carbonyl (C=O) groups is 2. The molecule has 1 N–H and O–H groups in total. The molecule has 0 aliphatic heterocycles. The Bertz CT molecular complexity index is 1040. The first-order chi connectivity index (χ1) is 13.5. The molecule has 0 bridgehead atoms. The number of nitrogens with one attached hydrogen (secondary N) is 1. The fourth-order valence-electron chi connectivity index (χ4n) is 2.27. The molecule has 0 aromatic heterocycles. The summed E-state index contributed by atoms with van der Waals surface area (Å²) >= 11 is 9.18. The van der Waals surface area contributed by atoms with Crippen molar-refractivity contribution in [2.24, 2.45) is 5.10 Å². The first-order valence-corrected chi connectivity index (χ1v) is 9.36. The van der Waals surface area contributed by atoms with E-state index in [0.717, 1.165) is 5.56 Å². The topological polar surface area (TPSA) is 67.8 Å². The molecular formula is C21H14BrClN2O3. The SMILES string of the molecule is O=C(N/N=C\c1ccc(OC(=O)c2ccccc2Br)cc1)c1cccc(Cl)c1. The highest BCUT2D eigenvalue weighted by molar-refractivity contribution is 9.10. The zero-order chi connectivity index (χ0) is 19.9. The lowest BCUT2D eigenvalue weighted by Gasteiger charge is -2.06. The van der Waals surface area contributed by atoms with Gasteiger partial charge >= 0.3 is 5.97 Å². The maximum absolute atomic E-state index is 12.2. The molecule has 0 fully saturated rings. The van der Waals surface area contributed by atoms with Crippen LogP contribution in [0.3, 0.4) is 0 Å². The van der Waals surface area contributed by atoms with Crippen LogP contribution in [0.4, 0.5) is 0 Å². The van der Waals surface area contributed by atoms with Crippen LogP contribution in [0.5, 0.6) is 5.75 Å². The van der Waals surface area contributed by atoms with Gasteiger partial charge in [-0.1, -0.05) is 29.8 Å². The van der Waals surface area contributed by atoms with Gasteiger partial charge in [0.05, 0.1) is 11.8 Å². The lowest BCUT2D eigenvalue weighted by molar-refractivity contribution is 0.0733. The lowest BCUT2D eigenvalue weighted by Crippen LogP contribution is -2.17. The summed E-state index contributed by atoms with van der Waals surface area (Å²) in [6, 6.07) is 20.3. The molecule has 28 heavy (non-hydrogen) atoms. The first kappa shape index (κ1) is 19.8. The van der Waals surface area contributed by atoms with E-state index in [-0.39, 0.29) is 5.91 Å². The van der Waals surface area contributed by atoms with E-state index in [2.05, 4.69) is 26.5 Å². The molecule has 3 rings (SSSR count). The first-order valence-electron chi connectivity index (χ1n) is 8.19. The maximum Gasteiger partial charge on any atom is 0.344 e. The van der Waals surface area contributed by atoms with E-state index < -0.39 is 5.97 Å². The van der Waals surface area contributed by atoms with Crippen LogP contribution in [0.25, 0.3) is 0 Å². The largest absolute Gasteiger partial charge is 0.423 e. The number of hydrazone groups is 1. The highest BCUT2D eigenvalue weighted by atomic mass is 79.9. The number of hydrogen-bond acceptors (Lipinski definition) is 4. The minimum Gasteiger partial charge on any atom is -0.423 e. The molecular weight excluding hydrogens is 444 g/mol. The second kappa shape index (κ2) is 9.30. The summed E-state index contributed by atoms with van der Waals surface area (Å²) < 4.78 is 6.02. The molecule has 1 amide bonds. The molecule has 5 nitrogen and oxygen atoms in total. The zero-order valence-corrected chi connectivity index (χ0v) is 16.8. The molecule has 0 heterocycles. The Morgan fingerprint density at radius 3 is 2.46 bits per heavy atom. The van der Waals surface area contributed by atoms with E-state index in [9.17, 15) is 9.59 Å². The van der Waals surface area contributed by atoms with Crippen LogP contribution >= 0.6 is 27.5 Å². The monoisotopic (exact) mass is 456 g/mol. The Morgan fingerprint density at radius 2 is 1.75 bits per heavy atom. The summed E-state index contributed by atoms with van der Waals surface area (Å²) in [5.74, 6) is -0.415. The van der Waals surface area contributed by atoms with Crippen molar-refractivity contribution in [2.75, 3.05) is 0 Å². The smallest absolute Gasteiger partial charge is 0.344 e. The average Bonchev–Trinajstić information content (AvgIpc) is 2.69. The lowest BCUT2D eigenvalue weighted by atomic mass is 10.2. The summed E-state index contributed by atoms with van der Waals surface area (Å²) in [5.41, 5.74) is 4.02. The number of hydrogen-bond donors (Lipinski definition) is 1. The Labute approximate surface area is 175 Å². The molecule has 7 heteroatoms. The van der Waals surface area contributed by atoms with E-state index >= 15 is 0 Å². The van der Waals surface area contributed by atoms with Crippen molar-refractivity contribution in [3.05, 3.63) is 99.0 Å². The molecule has 3 aromatic carbocycles. The molecule has 0 saturated heterocycles. The van der Waals surface area contributed by atoms with Crippen LogP contribution in [0, 0.1) is 0 Å². The van der Waals surface area contributed by atoms with Gasteiger partial charge in [-0.2, -0.15) is 5.10 Å². The third-order valence-electron chi connectivity index (χ3n) is 3.65. The third-order valence-corrected chi connectivity index (χ3v) is 4.58. The minimum absolute atomic E-state index is 0.363. The highest BCUT2D eigenvalue weighted by Crippen LogP contribution is 2.19. The van der Waals surface area contributed by atoms with E-state index in [0.29, 0.717) is 26.4 Å². The van der Waals surface area contributed by atoms with Crippen LogP contribution in [0.15, 0.2) is 82.4 Å². The summed E-state index contributed by atoms with van der Waals surface area (Å²) in [4.78, 5) is 24.2. The van der Waals surface area contributed by atoms with Gasteiger partial charge < -0.3 is 4.74 Å². The number of halogens is 2. The number of carbonyl (C=O) groups excluding carboxylic acids is 2. The fraction of sp³-hybridized carbons (Fsp3) is 0. The molecule has 0 aliphatic carbocycles. The van der Waals surface area contributed by atoms with Gasteiger partial charge in [0.15, 0.2) is 0 Å². The molecule has 0 saturated carbocycles. The average molecular weight is 458 g/mol. The van der Waals surface area contributed by atoms with E-state index in [1.54, 1.807) is 66.7 Å². The molecule has 0 aliphatic rings. The third kappa shape index (κ3) is 5.28. The Kier molecular flexibility index (Phi) is 6.57. The van der Waals surface area contributed by atoms with Crippen molar-refractivity contribution < 1.29 is 14.3 Å². The summed E-state index contributed by atoms with van der Waals surface area (Å²) in [7, 11) is 0. The van der Waals surface area contributed by atoms with Crippen molar-refractivity contribution in [1.29, 1.82) is 0 Å². The molecule has 3 aromatic rings. The van der Waals surface area contributed by atoms with Crippen LogP contribution in [-0.2, 0) is 0 Å². The number of nitrogens with zero attached hydrogens (tertiary/aromatic N) is 1. The highest BCUT2D eigenvalue weighted by Gasteiger charge is 2.11. The van der Waals surface area contributed by atoms with Gasteiger partial charge in [-0.15, -0.1) is 0 Å². The maximum atomic E-state index is 12.2. The second-order valence-corrected chi connectivity index (χ2v) is 6.94. The van der Waals surface area contributed by atoms with Crippen LogP contribution in [0.2, 0.25) is 5.02 Å². The summed E-state index contributed by atoms with van der Waals surface area (Å²) in [5, 5.41) is 4.39. The quantitative estimate of drug-likeness (QED) is 0.251. The van der Waals surface area contributed by atoms with Gasteiger partial charge in [-0.25, -0.2) is 10.2 Å². The number of esters is 1. The molecule has 0 radical (unpaired) electrons. The van der Waals surface area contributed by atoms with Crippen molar-refractivity contribution in [2.45, 2.75) is 0 Å². The van der Waals surface area contributed by atoms with E-state index in [1.165, 1.54) is 6.21 Å². The molecule has 140 valence electrons. The molecule has 0 atom stereocenters. The Morgan fingerprint density at radius 1 is 1.00 bits per heavy atom. The van der Waals surface area contributed by atoms with Crippen molar-refractivity contribution in [3.8, 4) is 5.75 Å². The number of amides is 1. The molecule has 0 spiro atoms. The fourth-order valence-corrected chi connectivity index (χ4v) is 2.91. The standard InChI is InChI=1S/C21H14BrClN2O3/c22-19-7-2-1-6-18(19)21(27)28-17-10-8-14(9-11-17)13-24-25-20(26)15-4-3-5-16(23)12-15/h1-13H,(H,25,26)/b24-13-. The number of rotatable bonds is 5. The van der Waals surface area contributed by atoms with Crippen molar-refractivity contribution in [1.82, 2.24) is 5.43 Å². The van der Waals surface area contributed by atoms with Gasteiger partial charge in [0.1, 0.15) is 5.75 Å². The minimum atomic E-state index is -0.456.